The third kappa shape index (κ3) is 7.11. The van der Waals surface area contributed by atoms with Gasteiger partial charge in [0.1, 0.15) is 0 Å². The largest absolute Gasteiger partial charge is 0.309 e. The van der Waals surface area contributed by atoms with Gasteiger partial charge < -0.3 is 4.57 Å². The molecule has 2 heteroatoms. The highest BCUT2D eigenvalue weighted by Gasteiger charge is 2.45. The smallest absolute Gasteiger partial charge is 0.0672 e. The van der Waals surface area contributed by atoms with Crippen LogP contribution in [-0.4, -0.2) is 10.3 Å². The van der Waals surface area contributed by atoms with E-state index in [1.54, 1.807) is 0 Å². The predicted octanol–water partition coefficient (Wildman–Crippen LogP) is 20.5. The van der Waals surface area contributed by atoms with Crippen molar-refractivity contribution >= 4 is 39.3 Å². The number of aromatic nitrogens is 1. The summed E-state index contributed by atoms with van der Waals surface area (Å²) in [7, 11) is 0. The molecule has 0 saturated carbocycles. The first-order chi connectivity index (χ1) is 40.6. The van der Waals surface area contributed by atoms with Gasteiger partial charge >= 0.3 is 0 Å². The van der Waals surface area contributed by atoms with E-state index >= 15 is 0 Å². The predicted molar refractivity (Wildman–Crippen MR) is 341 cm³/mol. The Hall–Kier alpha value is -10.2. The topological polar surface area (TPSA) is 17.3 Å². The van der Waals surface area contributed by atoms with Gasteiger partial charge in [-0.3, -0.25) is 4.99 Å². The molecule has 4 atom stereocenters. The molecule has 12 aromatic carbocycles. The number of nitrogens with zero attached hydrogens (tertiary/aromatic N) is 2. The van der Waals surface area contributed by atoms with Crippen molar-refractivity contribution in [3.8, 4) is 61.3 Å². The summed E-state index contributed by atoms with van der Waals surface area (Å²) in [5.74, 6) is 0.311. The maximum Gasteiger partial charge on any atom is 0.0672 e. The lowest BCUT2D eigenvalue weighted by atomic mass is 9.82. The molecule has 4 unspecified atom stereocenters. The summed E-state index contributed by atoms with van der Waals surface area (Å²) in [4.78, 5) is 5.57. The molecule has 17 rings (SSSR count). The van der Waals surface area contributed by atoms with E-state index in [1.165, 1.54) is 150 Å². The summed E-state index contributed by atoms with van der Waals surface area (Å²) in [5.41, 5.74) is 32.8. The summed E-state index contributed by atoms with van der Waals surface area (Å²) < 4.78 is 2.56. The number of hydrogen-bond donors (Lipinski definition) is 0. The van der Waals surface area contributed by atoms with Crippen molar-refractivity contribution in [2.75, 3.05) is 0 Å². The fraction of sp³-hybridized carbons (Fsp3) is 0.0625. The van der Waals surface area contributed by atoms with Crippen LogP contribution in [0, 0.1) is 6.92 Å². The van der Waals surface area contributed by atoms with Crippen LogP contribution in [0.2, 0.25) is 0 Å². The van der Waals surface area contributed by atoms with Gasteiger partial charge in [-0.05, 0) is 167 Å². The lowest BCUT2D eigenvalue weighted by molar-refractivity contribution is 0.940. The molecule has 4 aliphatic rings. The molecule has 2 nitrogen and oxygen atoms in total. The van der Waals surface area contributed by atoms with Crippen LogP contribution in [-0.2, 0) is 0 Å². The van der Waals surface area contributed by atoms with Crippen molar-refractivity contribution in [3.63, 3.8) is 0 Å². The molecule has 0 radical (unpaired) electrons. The zero-order valence-electron chi connectivity index (χ0n) is 45.3. The van der Waals surface area contributed by atoms with Crippen LogP contribution in [0.4, 0.5) is 5.69 Å². The van der Waals surface area contributed by atoms with Crippen molar-refractivity contribution in [3.05, 3.63) is 340 Å². The van der Waals surface area contributed by atoms with E-state index in [4.69, 9.17) is 4.99 Å². The van der Waals surface area contributed by atoms with Gasteiger partial charge in [0.2, 0.25) is 0 Å². The van der Waals surface area contributed by atoms with Gasteiger partial charge in [-0.15, -0.1) is 0 Å². The zero-order valence-corrected chi connectivity index (χ0v) is 45.3. The second-order valence-electron chi connectivity index (χ2n) is 22.8. The van der Waals surface area contributed by atoms with Gasteiger partial charge in [-0.25, -0.2) is 0 Å². The second kappa shape index (κ2) is 18.5. The number of para-hydroxylation sites is 2. The van der Waals surface area contributed by atoms with Gasteiger partial charge in [-0.1, -0.05) is 237 Å². The quantitative estimate of drug-likeness (QED) is 0.144. The molecule has 0 bridgehead atoms. The summed E-state index contributed by atoms with van der Waals surface area (Å²) in [6.45, 7) is 2.40. The molecule has 0 spiro atoms. The lowest BCUT2D eigenvalue weighted by Gasteiger charge is -2.25. The molecule has 0 N–H and O–H groups in total. The normalized spacial score (nSPS) is 17.0. The highest BCUT2D eigenvalue weighted by Crippen LogP contribution is 2.59. The minimum Gasteiger partial charge on any atom is -0.309 e. The van der Waals surface area contributed by atoms with Crippen LogP contribution in [0.15, 0.2) is 290 Å². The van der Waals surface area contributed by atoms with Crippen molar-refractivity contribution in [2.45, 2.75) is 30.6 Å². The van der Waals surface area contributed by atoms with Crippen LogP contribution in [0.25, 0.3) is 89.2 Å². The van der Waals surface area contributed by atoms with E-state index in [1.807, 2.05) is 0 Å². The maximum absolute atomic E-state index is 5.57. The molecule has 384 valence electrons. The van der Waals surface area contributed by atoms with Crippen LogP contribution in [0.5, 0.6) is 0 Å². The van der Waals surface area contributed by atoms with E-state index in [-0.39, 0.29) is 23.7 Å². The van der Waals surface area contributed by atoms with Gasteiger partial charge in [0.15, 0.2) is 0 Å². The standard InChI is InChI=1S/C80H54N2/c1-49-74(58-37-41-63-67(46-58)79-68-44-56(51-23-9-3-10-24-51)39-42-70(68)81-80(79)77(63)54-29-15-6-16-30-54)65(52-25-11-4-12-26-52)48-73(82-71-33-19-17-31-60(71)61-32-18-20-34-72(61)82)75(49)59-38-40-62-66(47-59)78-64-43-55(50-21-7-2-8-22-50)35-36-57(64)45-69(78)76(62)53-27-13-5-14-28-53/h2-48,76-79H,1H3. The van der Waals surface area contributed by atoms with Crippen LogP contribution >= 0.6 is 0 Å². The number of benzene rings is 12. The van der Waals surface area contributed by atoms with Crippen LogP contribution in [0.3, 0.4) is 0 Å². The number of allylic oxidation sites excluding steroid dienone is 1. The summed E-state index contributed by atoms with van der Waals surface area (Å²) in [6.07, 6.45) is 2.51. The third-order valence-electron chi connectivity index (χ3n) is 18.5. The van der Waals surface area contributed by atoms with Gasteiger partial charge in [0.25, 0.3) is 0 Å². The first-order valence-electron chi connectivity index (χ1n) is 28.9. The van der Waals surface area contributed by atoms with Crippen LogP contribution < -0.4 is 0 Å². The Morgan fingerprint density at radius 1 is 0.329 bits per heavy atom. The minimum absolute atomic E-state index is 0.0175. The molecular weight excluding hydrogens is 989 g/mol. The Labute approximate surface area is 478 Å². The first-order valence-corrected chi connectivity index (χ1v) is 28.9. The number of rotatable bonds is 8. The Morgan fingerprint density at radius 2 is 0.805 bits per heavy atom. The fourth-order valence-corrected chi connectivity index (χ4v) is 15.0. The highest BCUT2D eigenvalue weighted by atomic mass is 15.0. The van der Waals surface area contributed by atoms with Gasteiger partial charge in [0.05, 0.1) is 28.3 Å². The first kappa shape index (κ1) is 46.7. The molecule has 0 saturated heterocycles. The zero-order chi connectivity index (χ0) is 54.0. The maximum atomic E-state index is 5.57. The number of hydrogen-bond acceptors (Lipinski definition) is 1. The average Bonchev–Trinajstić information content (AvgIpc) is 2.38. The molecule has 0 fully saturated rings. The fourth-order valence-electron chi connectivity index (χ4n) is 15.0. The Bertz CT molecular complexity index is 4740. The molecule has 2 heterocycles. The molecule has 1 aromatic heterocycles. The molecule has 0 amide bonds. The Morgan fingerprint density at radius 3 is 1.43 bits per heavy atom. The average molecular weight is 1040 g/mol. The van der Waals surface area contributed by atoms with Crippen molar-refractivity contribution in [1.29, 1.82) is 0 Å². The third-order valence-corrected chi connectivity index (χ3v) is 18.5. The molecular formula is C80H54N2. The van der Waals surface area contributed by atoms with Gasteiger partial charge in [0, 0.05) is 39.8 Å². The molecule has 3 aliphatic carbocycles. The van der Waals surface area contributed by atoms with Crippen LogP contribution in [0.1, 0.15) is 79.3 Å². The van der Waals surface area contributed by atoms with Crippen molar-refractivity contribution in [1.82, 2.24) is 4.57 Å². The monoisotopic (exact) mass is 1040 g/mol. The number of fused-ring (bicyclic) bond motifs is 13. The summed E-state index contributed by atoms with van der Waals surface area (Å²) >= 11 is 0. The van der Waals surface area contributed by atoms with E-state index in [0.29, 0.717) is 0 Å². The van der Waals surface area contributed by atoms with E-state index < -0.39 is 0 Å². The number of aliphatic imine (C=N–C) groups is 1. The van der Waals surface area contributed by atoms with E-state index in [2.05, 4.69) is 297 Å². The van der Waals surface area contributed by atoms with E-state index in [9.17, 15) is 0 Å². The molecule has 1 aliphatic heterocycles. The second-order valence-corrected chi connectivity index (χ2v) is 22.8. The highest BCUT2D eigenvalue weighted by molar-refractivity contribution is 6.12. The summed E-state index contributed by atoms with van der Waals surface area (Å²) in [6, 6.07) is 104. The van der Waals surface area contributed by atoms with Gasteiger partial charge in [-0.2, -0.15) is 0 Å². The van der Waals surface area contributed by atoms with Crippen molar-refractivity contribution < 1.29 is 0 Å². The van der Waals surface area contributed by atoms with Crippen molar-refractivity contribution in [2.24, 2.45) is 4.99 Å². The summed E-state index contributed by atoms with van der Waals surface area (Å²) in [5, 5.41) is 2.49. The SMILES string of the molecule is Cc1c(-c2ccc3c(c2)C2C(=Nc4ccc(-c5ccccc5)cc42)C3c2ccccc2)c(-c2ccccc2)cc(-n2c3ccccc3c3ccccc32)c1-c1ccc2c(c1)C1C(=Cc3ccc(-c4ccccc4)cc31)C2c1ccccc1. The Kier molecular flexibility index (Phi) is 10.5. The lowest BCUT2D eigenvalue weighted by Crippen LogP contribution is -2.10. The molecule has 82 heavy (non-hydrogen) atoms. The Balaban J connectivity index is 0.930. The minimum atomic E-state index is 0.0175. The molecule has 13 aromatic rings. The van der Waals surface area contributed by atoms with E-state index in [0.717, 1.165) is 5.69 Å².